The lowest BCUT2D eigenvalue weighted by Crippen LogP contribution is -2.20. The lowest BCUT2D eigenvalue weighted by atomic mass is 10.1. The second-order valence-corrected chi connectivity index (χ2v) is 7.10. The summed E-state index contributed by atoms with van der Waals surface area (Å²) in [4.78, 5) is 9.75. The van der Waals surface area contributed by atoms with Crippen molar-refractivity contribution in [3.63, 3.8) is 0 Å². The van der Waals surface area contributed by atoms with Gasteiger partial charge in [0.2, 0.25) is 0 Å². The van der Waals surface area contributed by atoms with Gasteiger partial charge in [-0.05, 0) is 37.3 Å². The minimum Gasteiger partial charge on any atom is -0.295 e. The van der Waals surface area contributed by atoms with E-state index < -0.39 is 44.2 Å². The molecular formula is C16H11F6NO3S. The van der Waals surface area contributed by atoms with Crippen LogP contribution in [0.2, 0.25) is 0 Å². The number of sulfonamides is 1. The molecule has 0 aliphatic carbocycles. The molecule has 27 heavy (non-hydrogen) atoms. The Labute approximate surface area is 149 Å². The zero-order valence-electron chi connectivity index (χ0n) is 13.4. The standard InChI is InChI=1S/C16H11F6NO3S/c1-9(24)10-3-2-4-12(7-10)23-27(25,26)14-8-11(15(17,18)19)5-6-13(14)16(20,21)22/h2-8,23H,1H3. The van der Waals surface area contributed by atoms with Gasteiger partial charge < -0.3 is 0 Å². The molecule has 4 nitrogen and oxygen atoms in total. The van der Waals surface area contributed by atoms with Gasteiger partial charge in [-0.2, -0.15) is 26.3 Å². The maximum atomic E-state index is 13.1. The van der Waals surface area contributed by atoms with Crippen molar-refractivity contribution in [2.75, 3.05) is 4.72 Å². The van der Waals surface area contributed by atoms with Crippen LogP contribution in [0.15, 0.2) is 47.4 Å². The van der Waals surface area contributed by atoms with Gasteiger partial charge >= 0.3 is 12.4 Å². The molecule has 2 aromatic carbocycles. The number of halogens is 6. The molecule has 0 bridgehead atoms. The van der Waals surface area contributed by atoms with Crippen LogP contribution in [0, 0.1) is 0 Å². The monoisotopic (exact) mass is 411 g/mol. The third-order valence-corrected chi connectivity index (χ3v) is 4.85. The number of carbonyl (C=O) groups is 1. The van der Waals surface area contributed by atoms with E-state index in [0.29, 0.717) is 0 Å². The highest BCUT2D eigenvalue weighted by Crippen LogP contribution is 2.38. The number of ketones is 1. The second kappa shape index (κ2) is 6.87. The Balaban J connectivity index is 2.59. The number of anilines is 1. The fourth-order valence-corrected chi connectivity index (χ4v) is 3.47. The molecule has 0 amide bonds. The smallest absolute Gasteiger partial charge is 0.295 e. The molecular weight excluding hydrogens is 400 g/mol. The van der Waals surface area contributed by atoms with Crippen LogP contribution in [0.1, 0.15) is 28.4 Å². The molecule has 0 saturated carbocycles. The van der Waals surface area contributed by atoms with Gasteiger partial charge in [0.25, 0.3) is 10.0 Å². The summed E-state index contributed by atoms with van der Waals surface area (Å²) in [7, 11) is -5.03. The summed E-state index contributed by atoms with van der Waals surface area (Å²) in [5, 5.41) is 0. The Hall–Kier alpha value is -2.56. The van der Waals surface area contributed by atoms with E-state index in [1.807, 2.05) is 0 Å². The van der Waals surface area contributed by atoms with E-state index in [-0.39, 0.29) is 29.4 Å². The van der Waals surface area contributed by atoms with Crippen LogP contribution in [0.5, 0.6) is 0 Å². The van der Waals surface area contributed by atoms with Gasteiger partial charge in [0.1, 0.15) is 4.90 Å². The van der Waals surface area contributed by atoms with Crippen LogP contribution in [0.4, 0.5) is 32.0 Å². The zero-order valence-corrected chi connectivity index (χ0v) is 14.3. The summed E-state index contributed by atoms with van der Waals surface area (Å²) in [6, 6.07) is 4.93. The van der Waals surface area contributed by atoms with Crippen molar-refractivity contribution in [1.82, 2.24) is 0 Å². The second-order valence-electron chi connectivity index (χ2n) is 5.45. The lowest BCUT2D eigenvalue weighted by Gasteiger charge is -2.17. The lowest BCUT2D eigenvalue weighted by molar-refractivity contribution is -0.143. The van der Waals surface area contributed by atoms with Crippen molar-refractivity contribution < 1.29 is 39.6 Å². The van der Waals surface area contributed by atoms with E-state index in [9.17, 15) is 39.6 Å². The van der Waals surface area contributed by atoms with Crippen molar-refractivity contribution in [3.8, 4) is 0 Å². The molecule has 0 aromatic heterocycles. The van der Waals surface area contributed by atoms with Crippen molar-refractivity contribution >= 4 is 21.5 Å². The van der Waals surface area contributed by atoms with E-state index in [0.717, 1.165) is 12.1 Å². The Bertz CT molecular complexity index is 980. The maximum absolute atomic E-state index is 13.1. The average Bonchev–Trinajstić information content (AvgIpc) is 2.52. The number of benzene rings is 2. The van der Waals surface area contributed by atoms with Crippen molar-refractivity contribution in [3.05, 3.63) is 59.2 Å². The predicted octanol–water partition coefficient (Wildman–Crippen LogP) is 4.73. The molecule has 2 rings (SSSR count). The molecule has 0 radical (unpaired) electrons. The minimum absolute atomic E-state index is 0.0589. The molecule has 11 heteroatoms. The molecule has 0 unspecified atom stereocenters. The normalized spacial score (nSPS) is 12.7. The molecule has 146 valence electrons. The highest BCUT2D eigenvalue weighted by Gasteiger charge is 2.40. The number of hydrogen-bond donors (Lipinski definition) is 1. The van der Waals surface area contributed by atoms with Gasteiger partial charge in [0.15, 0.2) is 5.78 Å². The van der Waals surface area contributed by atoms with Gasteiger partial charge in [-0.3, -0.25) is 9.52 Å². The molecule has 0 spiro atoms. The Morgan fingerprint density at radius 2 is 1.56 bits per heavy atom. The number of nitrogens with one attached hydrogen (secondary N) is 1. The quantitative estimate of drug-likeness (QED) is 0.585. The van der Waals surface area contributed by atoms with E-state index >= 15 is 0 Å². The Morgan fingerprint density at radius 3 is 2.07 bits per heavy atom. The van der Waals surface area contributed by atoms with Crippen LogP contribution in [0.3, 0.4) is 0 Å². The van der Waals surface area contributed by atoms with E-state index in [1.54, 1.807) is 4.72 Å². The number of carbonyl (C=O) groups excluding carboxylic acids is 1. The van der Waals surface area contributed by atoms with Crippen LogP contribution in [0.25, 0.3) is 0 Å². The topological polar surface area (TPSA) is 63.2 Å². The SMILES string of the molecule is CC(=O)c1cccc(NS(=O)(=O)c2cc(C(F)(F)F)ccc2C(F)(F)F)c1. The minimum atomic E-state index is -5.20. The van der Waals surface area contributed by atoms with Gasteiger partial charge in [-0.25, -0.2) is 8.42 Å². The summed E-state index contributed by atoms with van der Waals surface area (Å²) in [6.45, 7) is 1.18. The molecule has 0 saturated heterocycles. The van der Waals surface area contributed by atoms with Crippen molar-refractivity contribution in [1.29, 1.82) is 0 Å². The number of rotatable bonds is 4. The zero-order chi connectivity index (χ0) is 20.6. The van der Waals surface area contributed by atoms with Gasteiger partial charge in [-0.1, -0.05) is 12.1 Å². The number of alkyl halides is 6. The summed E-state index contributed by atoms with van der Waals surface area (Å²) in [5.41, 5.74) is -3.50. The van der Waals surface area contributed by atoms with Crippen molar-refractivity contribution in [2.45, 2.75) is 24.2 Å². The van der Waals surface area contributed by atoms with E-state index in [2.05, 4.69) is 0 Å². The summed E-state index contributed by atoms with van der Waals surface area (Å²) >= 11 is 0. The summed E-state index contributed by atoms with van der Waals surface area (Å²) < 4.78 is 104. The van der Waals surface area contributed by atoms with Crippen LogP contribution in [-0.4, -0.2) is 14.2 Å². The fraction of sp³-hybridized carbons (Fsp3) is 0.188. The highest BCUT2D eigenvalue weighted by molar-refractivity contribution is 7.92. The van der Waals surface area contributed by atoms with Gasteiger partial charge in [0.05, 0.1) is 11.1 Å². The van der Waals surface area contributed by atoms with Crippen LogP contribution < -0.4 is 4.72 Å². The Kier molecular flexibility index (Phi) is 5.28. The molecule has 1 N–H and O–H groups in total. The molecule has 0 atom stereocenters. The van der Waals surface area contributed by atoms with Crippen molar-refractivity contribution in [2.24, 2.45) is 0 Å². The third-order valence-electron chi connectivity index (χ3n) is 3.43. The maximum Gasteiger partial charge on any atom is 0.417 e. The first-order valence-corrected chi connectivity index (χ1v) is 8.62. The first-order chi connectivity index (χ1) is 12.2. The molecule has 0 aliphatic rings. The molecule has 0 fully saturated rings. The average molecular weight is 411 g/mol. The number of Topliss-reactive ketones (excluding diaryl/α,β-unsaturated/α-hetero) is 1. The third kappa shape index (κ3) is 4.79. The molecule has 0 aliphatic heterocycles. The van der Waals surface area contributed by atoms with Crippen LogP contribution >= 0.6 is 0 Å². The van der Waals surface area contributed by atoms with E-state index in [4.69, 9.17) is 0 Å². The Morgan fingerprint density at radius 1 is 0.926 bits per heavy atom. The predicted molar refractivity (Wildman–Crippen MR) is 83.7 cm³/mol. The first-order valence-electron chi connectivity index (χ1n) is 7.14. The van der Waals surface area contributed by atoms with Gasteiger partial charge in [0, 0.05) is 11.3 Å². The molecule has 0 heterocycles. The van der Waals surface area contributed by atoms with Crippen LogP contribution in [-0.2, 0) is 22.4 Å². The highest BCUT2D eigenvalue weighted by atomic mass is 32.2. The summed E-state index contributed by atoms with van der Waals surface area (Å²) in [6.07, 6.45) is -10.2. The summed E-state index contributed by atoms with van der Waals surface area (Å²) in [5.74, 6) is -0.439. The first kappa shape index (κ1) is 20.7. The molecule has 2 aromatic rings. The van der Waals surface area contributed by atoms with Gasteiger partial charge in [-0.15, -0.1) is 0 Å². The fourth-order valence-electron chi connectivity index (χ4n) is 2.17. The number of hydrogen-bond acceptors (Lipinski definition) is 3. The largest absolute Gasteiger partial charge is 0.417 e. The van der Waals surface area contributed by atoms with E-state index in [1.165, 1.54) is 19.1 Å².